The number of hydrogen-bond acceptors (Lipinski definition) is 3. The first-order valence-electron chi connectivity index (χ1n) is 5.45. The van der Waals surface area contributed by atoms with Crippen molar-refractivity contribution < 1.29 is 23.0 Å². The van der Waals surface area contributed by atoms with Crippen LogP contribution in [-0.2, 0) is 4.74 Å². The first-order chi connectivity index (χ1) is 7.49. The highest BCUT2D eigenvalue weighted by atomic mass is 19.4. The first-order valence-corrected chi connectivity index (χ1v) is 5.45. The van der Waals surface area contributed by atoms with Gasteiger partial charge < -0.3 is 15.2 Å². The summed E-state index contributed by atoms with van der Waals surface area (Å²) in [7, 11) is 0. The van der Waals surface area contributed by atoms with Crippen LogP contribution in [0, 0.1) is 5.92 Å². The Balaban J connectivity index is 3.32. The van der Waals surface area contributed by atoms with E-state index < -0.39 is 12.8 Å². The van der Waals surface area contributed by atoms with Crippen molar-refractivity contribution >= 4 is 0 Å². The Hall–Kier alpha value is -0.330. The van der Waals surface area contributed by atoms with Gasteiger partial charge in [0.05, 0.1) is 6.61 Å². The van der Waals surface area contributed by atoms with Crippen LogP contribution < -0.4 is 5.32 Å². The molecule has 0 spiro atoms. The number of hydrogen-bond donors (Lipinski definition) is 2. The number of halogens is 3. The Morgan fingerprint density at radius 3 is 2.56 bits per heavy atom. The summed E-state index contributed by atoms with van der Waals surface area (Å²) < 4.78 is 39.5. The van der Waals surface area contributed by atoms with E-state index in [1.54, 1.807) is 0 Å². The highest BCUT2D eigenvalue weighted by molar-refractivity contribution is 4.60. The average molecular weight is 243 g/mol. The molecule has 1 atom stereocenters. The highest BCUT2D eigenvalue weighted by Gasteiger charge is 2.27. The minimum Gasteiger partial charge on any atom is -0.396 e. The SMILES string of the molecule is CCC(CCO)CNCCOCC(F)(F)F. The van der Waals surface area contributed by atoms with Gasteiger partial charge in [-0.3, -0.25) is 0 Å². The minimum atomic E-state index is -4.25. The summed E-state index contributed by atoms with van der Waals surface area (Å²) in [6.07, 6.45) is -2.59. The van der Waals surface area contributed by atoms with Gasteiger partial charge in [0.1, 0.15) is 6.61 Å². The molecule has 0 aliphatic rings. The van der Waals surface area contributed by atoms with Crippen molar-refractivity contribution in [3.63, 3.8) is 0 Å². The van der Waals surface area contributed by atoms with Crippen molar-refractivity contribution in [2.75, 3.05) is 32.9 Å². The predicted molar refractivity (Wildman–Crippen MR) is 55.2 cm³/mol. The fourth-order valence-corrected chi connectivity index (χ4v) is 1.27. The van der Waals surface area contributed by atoms with E-state index in [0.717, 1.165) is 6.42 Å². The molecule has 0 radical (unpaired) electrons. The maximum atomic E-state index is 11.7. The summed E-state index contributed by atoms with van der Waals surface area (Å²) in [6.45, 7) is 2.12. The van der Waals surface area contributed by atoms with Crippen molar-refractivity contribution in [3.05, 3.63) is 0 Å². The summed E-state index contributed by atoms with van der Waals surface area (Å²) in [6, 6.07) is 0. The van der Waals surface area contributed by atoms with Gasteiger partial charge >= 0.3 is 6.18 Å². The quantitative estimate of drug-likeness (QED) is 0.604. The molecule has 16 heavy (non-hydrogen) atoms. The number of alkyl halides is 3. The molecule has 0 aliphatic heterocycles. The number of ether oxygens (including phenoxy) is 1. The van der Waals surface area contributed by atoms with Gasteiger partial charge in [0.15, 0.2) is 0 Å². The lowest BCUT2D eigenvalue weighted by Crippen LogP contribution is -2.28. The van der Waals surface area contributed by atoms with Gasteiger partial charge in [-0.2, -0.15) is 13.2 Å². The Morgan fingerprint density at radius 1 is 1.38 bits per heavy atom. The standard InChI is InChI=1S/C10H20F3NO2/c1-2-9(3-5-15)7-14-4-6-16-8-10(11,12)13/h9,14-15H,2-8H2,1H3. The smallest absolute Gasteiger partial charge is 0.396 e. The second-order valence-electron chi connectivity index (χ2n) is 3.66. The molecule has 0 aromatic heterocycles. The van der Waals surface area contributed by atoms with Gasteiger partial charge in [0.2, 0.25) is 0 Å². The Kier molecular flexibility index (Phi) is 8.60. The second-order valence-corrected chi connectivity index (χ2v) is 3.66. The number of aliphatic hydroxyl groups excluding tert-OH is 1. The summed E-state index contributed by atoms with van der Waals surface area (Å²) >= 11 is 0. The van der Waals surface area contributed by atoms with Gasteiger partial charge in [-0.05, 0) is 18.9 Å². The van der Waals surface area contributed by atoms with Crippen LogP contribution in [0.5, 0.6) is 0 Å². The maximum Gasteiger partial charge on any atom is 0.411 e. The zero-order chi connectivity index (χ0) is 12.4. The molecule has 0 aromatic rings. The summed E-state index contributed by atoms with van der Waals surface area (Å²) in [5, 5.41) is 11.7. The largest absolute Gasteiger partial charge is 0.411 e. The van der Waals surface area contributed by atoms with Crippen LogP contribution in [0.3, 0.4) is 0 Å². The van der Waals surface area contributed by atoms with Crippen LogP contribution in [0.4, 0.5) is 13.2 Å². The second kappa shape index (κ2) is 8.78. The van der Waals surface area contributed by atoms with Crippen LogP contribution in [0.15, 0.2) is 0 Å². The monoisotopic (exact) mass is 243 g/mol. The summed E-state index contributed by atoms with van der Waals surface area (Å²) in [4.78, 5) is 0. The predicted octanol–water partition coefficient (Wildman–Crippen LogP) is 1.56. The van der Waals surface area contributed by atoms with Crippen molar-refractivity contribution in [1.82, 2.24) is 5.32 Å². The van der Waals surface area contributed by atoms with E-state index >= 15 is 0 Å². The zero-order valence-electron chi connectivity index (χ0n) is 9.52. The van der Waals surface area contributed by atoms with Crippen molar-refractivity contribution in [2.24, 2.45) is 5.92 Å². The molecule has 98 valence electrons. The Labute approximate surface area is 94.0 Å². The van der Waals surface area contributed by atoms with Gasteiger partial charge in [0, 0.05) is 13.2 Å². The number of aliphatic hydroxyl groups is 1. The molecule has 0 saturated carbocycles. The third-order valence-corrected chi connectivity index (χ3v) is 2.24. The molecule has 0 aromatic carbocycles. The average Bonchev–Trinajstić information content (AvgIpc) is 2.20. The van der Waals surface area contributed by atoms with E-state index in [9.17, 15) is 13.2 Å². The summed E-state index contributed by atoms with van der Waals surface area (Å²) in [5.41, 5.74) is 0. The molecule has 1 unspecified atom stereocenters. The molecule has 0 saturated heterocycles. The molecule has 0 bridgehead atoms. The molecule has 0 rings (SSSR count). The molecule has 0 aliphatic carbocycles. The van der Waals surface area contributed by atoms with Crippen LogP contribution in [-0.4, -0.2) is 44.2 Å². The summed E-state index contributed by atoms with van der Waals surface area (Å²) in [5.74, 6) is 0.368. The van der Waals surface area contributed by atoms with Crippen LogP contribution in [0.1, 0.15) is 19.8 Å². The third kappa shape index (κ3) is 10.2. The molecule has 0 heterocycles. The van der Waals surface area contributed by atoms with Crippen molar-refractivity contribution in [1.29, 1.82) is 0 Å². The van der Waals surface area contributed by atoms with Gasteiger partial charge in [-0.25, -0.2) is 0 Å². The van der Waals surface area contributed by atoms with E-state index in [0.29, 0.717) is 25.4 Å². The lowest BCUT2D eigenvalue weighted by Gasteiger charge is -2.14. The van der Waals surface area contributed by atoms with Crippen LogP contribution in [0.2, 0.25) is 0 Å². The molecular formula is C10H20F3NO2. The van der Waals surface area contributed by atoms with Crippen LogP contribution in [0.25, 0.3) is 0 Å². The molecule has 0 amide bonds. The lowest BCUT2D eigenvalue weighted by molar-refractivity contribution is -0.173. The van der Waals surface area contributed by atoms with Crippen LogP contribution >= 0.6 is 0 Å². The Bertz CT molecular complexity index is 165. The van der Waals surface area contributed by atoms with E-state index in [2.05, 4.69) is 10.1 Å². The molecular weight excluding hydrogens is 223 g/mol. The molecule has 6 heteroatoms. The van der Waals surface area contributed by atoms with E-state index in [1.807, 2.05) is 6.92 Å². The minimum absolute atomic E-state index is 0.0507. The normalized spacial score (nSPS) is 14.1. The fourth-order valence-electron chi connectivity index (χ4n) is 1.27. The lowest BCUT2D eigenvalue weighted by atomic mass is 10.0. The topological polar surface area (TPSA) is 41.5 Å². The Morgan fingerprint density at radius 2 is 2.06 bits per heavy atom. The van der Waals surface area contributed by atoms with Crippen molar-refractivity contribution in [3.8, 4) is 0 Å². The van der Waals surface area contributed by atoms with E-state index in [1.165, 1.54) is 0 Å². The molecule has 3 nitrogen and oxygen atoms in total. The van der Waals surface area contributed by atoms with Gasteiger partial charge in [0.25, 0.3) is 0 Å². The zero-order valence-corrected chi connectivity index (χ0v) is 9.52. The molecule has 2 N–H and O–H groups in total. The van der Waals surface area contributed by atoms with Gasteiger partial charge in [-0.15, -0.1) is 0 Å². The van der Waals surface area contributed by atoms with E-state index in [4.69, 9.17) is 5.11 Å². The fraction of sp³-hybridized carbons (Fsp3) is 1.00. The third-order valence-electron chi connectivity index (χ3n) is 2.24. The highest BCUT2D eigenvalue weighted by Crippen LogP contribution is 2.13. The van der Waals surface area contributed by atoms with Gasteiger partial charge in [-0.1, -0.05) is 13.3 Å². The number of rotatable bonds is 9. The number of nitrogens with one attached hydrogen (secondary N) is 1. The molecule has 0 fully saturated rings. The van der Waals surface area contributed by atoms with E-state index in [-0.39, 0.29) is 13.2 Å². The first kappa shape index (κ1) is 15.7. The van der Waals surface area contributed by atoms with Crippen molar-refractivity contribution in [2.45, 2.75) is 25.9 Å². The maximum absolute atomic E-state index is 11.7.